The van der Waals surface area contributed by atoms with Crippen molar-refractivity contribution in [1.29, 1.82) is 0 Å². The van der Waals surface area contributed by atoms with Crippen molar-refractivity contribution in [2.24, 2.45) is 0 Å². The molecular weight excluding hydrogens is 238 g/mol. The lowest BCUT2D eigenvalue weighted by atomic mass is 10.2. The summed E-state index contributed by atoms with van der Waals surface area (Å²) < 4.78 is 5.86. The van der Waals surface area contributed by atoms with Crippen LogP contribution in [0.5, 0.6) is 0 Å². The summed E-state index contributed by atoms with van der Waals surface area (Å²) in [4.78, 5) is 0. The van der Waals surface area contributed by atoms with Gasteiger partial charge in [-0.1, -0.05) is 25.1 Å². The van der Waals surface area contributed by atoms with Gasteiger partial charge < -0.3 is 9.73 Å². The minimum absolute atomic E-state index is 0.802. The number of para-hydroxylation sites is 1. The Balaban J connectivity index is 1.91. The number of nitrogens with zero attached hydrogens (tertiary/aromatic N) is 1. The van der Waals surface area contributed by atoms with Gasteiger partial charge in [0.15, 0.2) is 5.76 Å². The van der Waals surface area contributed by atoms with Gasteiger partial charge in [-0.3, -0.25) is 5.10 Å². The Labute approximate surface area is 111 Å². The van der Waals surface area contributed by atoms with Crippen molar-refractivity contribution in [2.75, 3.05) is 6.54 Å². The Morgan fingerprint density at radius 2 is 2.21 bits per heavy atom. The molecule has 19 heavy (non-hydrogen) atoms. The highest BCUT2D eigenvalue weighted by molar-refractivity contribution is 5.82. The highest BCUT2D eigenvalue weighted by Crippen LogP contribution is 2.28. The largest absolute Gasteiger partial charge is 0.454 e. The molecule has 2 aromatic heterocycles. The zero-order valence-electron chi connectivity index (χ0n) is 10.9. The third kappa shape index (κ3) is 2.39. The topological polar surface area (TPSA) is 53.9 Å². The number of hydrogen-bond acceptors (Lipinski definition) is 3. The number of H-pyrrole nitrogens is 1. The average molecular weight is 255 g/mol. The fourth-order valence-corrected chi connectivity index (χ4v) is 2.16. The summed E-state index contributed by atoms with van der Waals surface area (Å²) >= 11 is 0. The lowest BCUT2D eigenvalue weighted by molar-refractivity contribution is 0.624. The summed E-state index contributed by atoms with van der Waals surface area (Å²) in [7, 11) is 0. The molecule has 0 atom stereocenters. The third-order valence-electron chi connectivity index (χ3n) is 3.13. The first kappa shape index (κ1) is 12.0. The monoisotopic (exact) mass is 255 g/mol. The standard InChI is InChI=1S/C15H17N3O/c1-2-7-16-9-12-10-17-18-15(12)14-8-11-5-3-4-6-13(11)19-14/h3-6,8,10,16H,2,7,9H2,1H3,(H,17,18). The SMILES string of the molecule is CCCNCc1cn[nH]c1-c1cc2ccccc2o1. The predicted octanol–water partition coefficient (Wildman–Crippen LogP) is 3.32. The molecule has 3 rings (SSSR count). The van der Waals surface area contributed by atoms with Crippen LogP contribution in [-0.4, -0.2) is 16.7 Å². The van der Waals surface area contributed by atoms with E-state index in [0.29, 0.717) is 0 Å². The molecule has 0 spiro atoms. The number of aromatic nitrogens is 2. The molecule has 1 aromatic carbocycles. The van der Waals surface area contributed by atoms with E-state index in [-0.39, 0.29) is 0 Å². The molecule has 3 aromatic rings. The first-order chi connectivity index (χ1) is 9.38. The van der Waals surface area contributed by atoms with Crippen molar-refractivity contribution in [3.05, 3.63) is 42.1 Å². The maximum atomic E-state index is 5.86. The lowest BCUT2D eigenvalue weighted by Gasteiger charge is -2.02. The van der Waals surface area contributed by atoms with Gasteiger partial charge in [0.05, 0.1) is 6.20 Å². The zero-order chi connectivity index (χ0) is 13.1. The smallest absolute Gasteiger partial charge is 0.153 e. The molecule has 0 aliphatic heterocycles. The summed E-state index contributed by atoms with van der Waals surface area (Å²) in [5.74, 6) is 0.840. The molecule has 0 unspecified atom stereocenters. The summed E-state index contributed by atoms with van der Waals surface area (Å²) in [6, 6.07) is 10.1. The van der Waals surface area contributed by atoms with Gasteiger partial charge in [0.2, 0.25) is 0 Å². The summed E-state index contributed by atoms with van der Waals surface area (Å²) in [6.07, 6.45) is 2.98. The van der Waals surface area contributed by atoms with Crippen LogP contribution in [-0.2, 0) is 6.54 Å². The van der Waals surface area contributed by atoms with E-state index in [9.17, 15) is 0 Å². The van der Waals surface area contributed by atoms with Gasteiger partial charge in [-0.15, -0.1) is 0 Å². The van der Waals surface area contributed by atoms with Crippen molar-refractivity contribution < 1.29 is 4.42 Å². The molecule has 2 N–H and O–H groups in total. The molecule has 4 heteroatoms. The Morgan fingerprint density at radius 1 is 1.32 bits per heavy atom. The Hall–Kier alpha value is -2.07. The van der Waals surface area contributed by atoms with E-state index < -0.39 is 0 Å². The van der Waals surface area contributed by atoms with Crippen LogP contribution in [0.2, 0.25) is 0 Å². The number of fused-ring (bicyclic) bond motifs is 1. The maximum Gasteiger partial charge on any atom is 0.153 e. The van der Waals surface area contributed by atoms with Gasteiger partial charge in [0, 0.05) is 17.5 Å². The average Bonchev–Trinajstić information content (AvgIpc) is 3.04. The number of hydrogen-bond donors (Lipinski definition) is 2. The van der Waals surface area contributed by atoms with Gasteiger partial charge in [0.25, 0.3) is 0 Å². The Bertz CT molecular complexity index is 636. The Kier molecular flexibility index (Phi) is 3.33. The first-order valence-corrected chi connectivity index (χ1v) is 6.60. The van der Waals surface area contributed by atoms with Crippen LogP contribution in [0.25, 0.3) is 22.4 Å². The number of aromatic amines is 1. The second-order valence-corrected chi connectivity index (χ2v) is 4.60. The zero-order valence-corrected chi connectivity index (χ0v) is 10.9. The molecular formula is C15H17N3O. The van der Waals surface area contributed by atoms with Crippen molar-refractivity contribution >= 4 is 11.0 Å². The van der Waals surface area contributed by atoms with Crippen molar-refractivity contribution in [3.63, 3.8) is 0 Å². The van der Waals surface area contributed by atoms with Crippen LogP contribution in [0.3, 0.4) is 0 Å². The summed E-state index contributed by atoms with van der Waals surface area (Å²) in [6.45, 7) is 3.96. The van der Waals surface area contributed by atoms with Crippen molar-refractivity contribution in [3.8, 4) is 11.5 Å². The fourth-order valence-electron chi connectivity index (χ4n) is 2.16. The second kappa shape index (κ2) is 5.28. The molecule has 98 valence electrons. The van der Waals surface area contributed by atoms with E-state index >= 15 is 0 Å². The van der Waals surface area contributed by atoms with Crippen molar-refractivity contribution in [1.82, 2.24) is 15.5 Å². The summed E-state index contributed by atoms with van der Waals surface area (Å²) in [5, 5.41) is 11.6. The fraction of sp³-hybridized carbons (Fsp3) is 0.267. The molecule has 0 aliphatic rings. The van der Waals surface area contributed by atoms with E-state index in [1.165, 1.54) is 0 Å². The van der Waals surface area contributed by atoms with Gasteiger partial charge >= 0.3 is 0 Å². The van der Waals surface area contributed by atoms with E-state index in [1.54, 1.807) is 0 Å². The van der Waals surface area contributed by atoms with Crippen LogP contribution < -0.4 is 5.32 Å². The molecule has 0 radical (unpaired) electrons. The normalized spacial score (nSPS) is 11.2. The van der Waals surface area contributed by atoms with Crippen LogP contribution in [0.15, 0.2) is 40.9 Å². The van der Waals surface area contributed by atoms with Crippen molar-refractivity contribution in [2.45, 2.75) is 19.9 Å². The van der Waals surface area contributed by atoms with E-state index in [2.05, 4.69) is 22.4 Å². The molecule has 0 aliphatic carbocycles. The second-order valence-electron chi connectivity index (χ2n) is 4.60. The highest BCUT2D eigenvalue weighted by atomic mass is 16.3. The summed E-state index contributed by atoms with van der Waals surface area (Å²) in [5.41, 5.74) is 2.99. The minimum Gasteiger partial charge on any atom is -0.454 e. The number of furan rings is 1. The minimum atomic E-state index is 0.802. The van der Waals surface area contributed by atoms with Gasteiger partial charge in [-0.25, -0.2) is 0 Å². The number of benzene rings is 1. The molecule has 0 fully saturated rings. The number of rotatable bonds is 5. The molecule has 0 amide bonds. The molecule has 0 bridgehead atoms. The van der Waals surface area contributed by atoms with E-state index in [1.807, 2.05) is 36.5 Å². The van der Waals surface area contributed by atoms with E-state index in [4.69, 9.17) is 4.42 Å². The molecule has 0 saturated heterocycles. The van der Waals surface area contributed by atoms with E-state index in [0.717, 1.165) is 47.5 Å². The van der Waals surface area contributed by atoms with Gasteiger partial charge in [-0.05, 0) is 25.1 Å². The molecule has 0 saturated carbocycles. The van der Waals surface area contributed by atoms with Crippen LogP contribution in [0.1, 0.15) is 18.9 Å². The van der Waals surface area contributed by atoms with Crippen LogP contribution in [0.4, 0.5) is 0 Å². The van der Waals surface area contributed by atoms with Gasteiger partial charge in [0.1, 0.15) is 11.3 Å². The molecule has 2 heterocycles. The quantitative estimate of drug-likeness (QED) is 0.688. The third-order valence-corrected chi connectivity index (χ3v) is 3.13. The van der Waals surface area contributed by atoms with Gasteiger partial charge in [-0.2, -0.15) is 5.10 Å². The predicted molar refractivity (Wildman–Crippen MR) is 75.8 cm³/mol. The molecule has 4 nitrogen and oxygen atoms in total. The van der Waals surface area contributed by atoms with Crippen LogP contribution >= 0.6 is 0 Å². The van der Waals surface area contributed by atoms with Crippen LogP contribution in [0, 0.1) is 0 Å². The highest BCUT2D eigenvalue weighted by Gasteiger charge is 2.12. The first-order valence-electron chi connectivity index (χ1n) is 6.60. The number of nitrogens with one attached hydrogen (secondary N) is 2. The Morgan fingerprint density at radius 3 is 3.05 bits per heavy atom. The lowest BCUT2D eigenvalue weighted by Crippen LogP contribution is -2.13. The maximum absolute atomic E-state index is 5.86.